The highest BCUT2D eigenvalue weighted by Crippen LogP contribution is 2.25. The molecule has 0 saturated carbocycles. The highest BCUT2D eigenvalue weighted by Gasteiger charge is 2.30. The summed E-state index contributed by atoms with van der Waals surface area (Å²) in [6.45, 7) is 3.03. The summed E-state index contributed by atoms with van der Waals surface area (Å²) in [5.74, 6) is -0.525. The van der Waals surface area contributed by atoms with Crippen molar-refractivity contribution >= 4 is 11.9 Å². The Morgan fingerprint density at radius 1 is 1.26 bits per heavy atom. The van der Waals surface area contributed by atoms with Crippen LogP contribution in [0.1, 0.15) is 48.9 Å². The molecule has 1 heterocycles. The van der Waals surface area contributed by atoms with Crippen LogP contribution in [0.4, 0.5) is 4.79 Å². The van der Waals surface area contributed by atoms with Crippen molar-refractivity contribution in [3.63, 3.8) is 0 Å². The Labute approximate surface area is 137 Å². The predicted octanol–water partition coefficient (Wildman–Crippen LogP) is 2.14. The molecule has 1 fully saturated rings. The standard InChI is InChI=1S/C18H25N3O2/c1-12(14-7-6-13-4-2-3-5-15(13)10-14)20-18(23)21-9-8-16(11-21)17(19)22/h6-7,10,12,16H,2-5,8-9,11H2,1H3,(H2,19,22)(H,20,23)/t12-,16-/m0/s1. The monoisotopic (exact) mass is 315 g/mol. The normalized spacial score (nSPS) is 21.6. The van der Waals surface area contributed by atoms with Crippen molar-refractivity contribution in [2.24, 2.45) is 11.7 Å². The summed E-state index contributed by atoms with van der Waals surface area (Å²) >= 11 is 0. The number of nitrogens with zero attached hydrogens (tertiary/aromatic N) is 1. The van der Waals surface area contributed by atoms with Crippen LogP contribution < -0.4 is 11.1 Å². The molecule has 1 aliphatic heterocycles. The number of fused-ring (bicyclic) bond motifs is 1. The Morgan fingerprint density at radius 2 is 2.00 bits per heavy atom. The van der Waals surface area contributed by atoms with Gasteiger partial charge in [0.2, 0.25) is 5.91 Å². The van der Waals surface area contributed by atoms with Gasteiger partial charge in [0.05, 0.1) is 12.0 Å². The van der Waals surface area contributed by atoms with Crippen LogP contribution in [0.5, 0.6) is 0 Å². The van der Waals surface area contributed by atoms with Crippen molar-refractivity contribution < 1.29 is 9.59 Å². The van der Waals surface area contributed by atoms with Crippen molar-refractivity contribution in [3.05, 3.63) is 34.9 Å². The van der Waals surface area contributed by atoms with Gasteiger partial charge in [-0.1, -0.05) is 18.2 Å². The van der Waals surface area contributed by atoms with Crippen LogP contribution in [0.25, 0.3) is 0 Å². The highest BCUT2D eigenvalue weighted by molar-refractivity contribution is 5.80. The summed E-state index contributed by atoms with van der Waals surface area (Å²) in [5.41, 5.74) is 9.33. The molecule has 3 rings (SSSR count). The lowest BCUT2D eigenvalue weighted by atomic mass is 9.89. The van der Waals surface area contributed by atoms with Gasteiger partial charge in [-0.3, -0.25) is 4.79 Å². The second-order valence-corrected chi connectivity index (χ2v) is 6.74. The van der Waals surface area contributed by atoms with Crippen molar-refractivity contribution in [1.82, 2.24) is 10.2 Å². The van der Waals surface area contributed by atoms with Crippen LogP contribution >= 0.6 is 0 Å². The van der Waals surface area contributed by atoms with Crippen LogP contribution in [0.15, 0.2) is 18.2 Å². The number of nitrogens with two attached hydrogens (primary N) is 1. The first-order valence-corrected chi connectivity index (χ1v) is 8.51. The Hall–Kier alpha value is -2.04. The molecule has 5 heteroatoms. The van der Waals surface area contributed by atoms with Crippen LogP contribution in [0.2, 0.25) is 0 Å². The lowest BCUT2D eigenvalue weighted by Gasteiger charge is -2.23. The average Bonchev–Trinajstić information content (AvgIpc) is 3.04. The molecule has 1 aromatic carbocycles. The van der Waals surface area contributed by atoms with Crippen molar-refractivity contribution in [2.45, 2.75) is 45.1 Å². The largest absolute Gasteiger partial charge is 0.369 e. The molecule has 0 radical (unpaired) electrons. The summed E-state index contributed by atoms with van der Waals surface area (Å²) < 4.78 is 0. The van der Waals surface area contributed by atoms with Crippen LogP contribution in [-0.2, 0) is 17.6 Å². The van der Waals surface area contributed by atoms with Gasteiger partial charge in [0, 0.05) is 13.1 Å². The lowest BCUT2D eigenvalue weighted by Crippen LogP contribution is -2.40. The lowest BCUT2D eigenvalue weighted by molar-refractivity contribution is -0.121. The second-order valence-electron chi connectivity index (χ2n) is 6.74. The summed E-state index contributed by atoms with van der Waals surface area (Å²) in [4.78, 5) is 25.2. The highest BCUT2D eigenvalue weighted by atomic mass is 16.2. The van der Waals surface area contributed by atoms with Gasteiger partial charge in [0.1, 0.15) is 0 Å². The first-order chi connectivity index (χ1) is 11.0. The molecule has 0 unspecified atom stereocenters. The fraction of sp³-hybridized carbons (Fsp3) is 0.556. The Morgan fingerprint density at radius 3 is 2.70 bits per heavy atom. The molecule has 2 atom stereocenters. The van der Waals surface area contributed by atoms with Gasteiger partial charge in [-0.15, -0.1) is 0 Å². The first-order valence-electron chi connectivity index (χ1n) is 8.51. The zero-order valence-electron chi connectivity index (χ0n) is 13.7. The van der Waals surface area contributed by atoms with Gasteiger partial charge in [-0.2, -0.15) is 0 Å². The molecular weight excluding hydrogens is 290 g/mol. The molecule has 3 N–H and O–H groups in total. The molecule has 5 nitrogen and oxygen atoms in total. The van der Waals surface area contributed by atoms with E-state index in [4.69, 9.17) is 5.73 Å². The minimum Gasteiger partial charge on any atom is -0.369 e. The number of primary amides is 1. The number of carbonyl (C=O) groups is 2. The minimum absolute atomic E-state index is 0.0395. The molecule has 0 spiro atoms. The van der Waals surface area contributed by atoms with E-state index in [-0.39, 0.29) is 23.9 Å². The molecule has 23 heavy (non-hydrogen) atoms. The Kier molecular flexibility index (Phi) is 4.55. The zero-order valence-corrected chi connectivity index (χ0v) is 13.7. The number of amides is 3. The average molecular weight is 315 g/mol. The van der Waals surface area contributed by atoms with E-state index in [0.29, 0.717) is 19.5 Å². The second kappa shape index (κ2) is 6.60. The van der Waals surface area contributed by atoms with E-state index in [0.717, 1.165) is 12.0 Å². The summed E-state index contributed by atoms with van der Waals surface area (Å²) in [6.07, 6.45) is 5.49. The number of urea groups is 1. The Bertz CT molecular complexity index is 614. The molecule has 1 aromatic rings. The number of carbonyl (C=O) groups excluding carboxylic acids is 2. The summed E-state index contributed by atoms with van der Waals surface area (Å²) in [6, 6.07) is 6.40. The van der Waals surface area contributed by atoms with Gasteiger partial charge in [-0.05, 0) is 55.7 Å². The minimum atomic E-state index is -0.317. The van der Waals surface area contributed by atoms with E-state index >= 15 is 0 Å². The van der Waals surface area contributed by atoms with E-state index in [2.05, 4.69) is 23.5 Å². The van der Waals surface area contributed by atoms with Crippen LogP contribution in [0.3, 0.4) is 0 Å². The number of rotatable bonds is 3. The van der Waals surface area contributed by atoms with E-state index < -0.39 is 0 Å². The third-order valence-electron chi connectivity index (χ3n) is 5.09. The van der Waals surface area contributed by atoms with Gasteiger partial charge in [-0.25, -0.2) is 4.79 Å². The van der Waals surface area contributed by atoms with Crippen LogP contribution in [-0.4, -0.2) is 29.9 Å². The molecule has 1 aliphatic carbocycles. The fourth-order valence-corrected chi connectivity index (χ4v) is 3.56. The van der Waals surface area contributed by atoms with Crippen LogP contribution in [0, 0.1) is 5.92 Å². The maximum atomic E-state index is 12.3. The van der Waals surface area contributed by atoms with Crippen molar-refractivity contribution in [2.75, 3.05) is 13.1 Å². The van der Waals surface area contributed by atoms with Gasteiger partial charge in [0.15, 0.2) is 0 Å². The molecular formula is C18H25N3O2. The third kappa shape index (κ3) is 3.49. The smallest absolute Gasteiger partial charge is 0.317 e. The molecule has 0 aromatic heterocycles. The number of aryl methyl sites for hydroxylation is 2. The topological polar surface area (TPSA) is 75.4 Å². The Balaban J connectivity index is 1.61. The summed E-state index contributed by atoms with van der Waals surface area (Å²) in [5, 5.41) is 3.04. The number of hydrogen-bond donors (Lipinski definition) is 2. The van der Waals surface area contributed by atoms with Crippen molar-refractivity contribution in [3.8, 4) is 0 Å². The van der Waals surface area contributed by atoms with E-state index in [9.17, 15) is 9.59 Å². The SMILES string of the molecule is C[C@H](NC(=O)N1CC[C@H](C(N)=O)C1)c1ccc2c(c1)CCCC2. The third-order valence-corrected chi connectivity index (χ3v) is 5.09. The zero-order chi connectivity index (χ0) is 16.4. The maximum Gasteiger partial charge on any atom is 0.317 e. The van der Waals surface area contributed by atoms with Crippen molar-refractivity contribution in [1.29, 1.82) is 0 Å². The van der Waals surface area contributed by atoms with E-state index in [1.807, 2.05) is 6.92 Å². The van der Waals surface area contributed by atoms with E-state index in [1.165, 1.54) is 30.4 Å². The number of hydrogen-bond acceptors (Lipinski definition) is 2. The number of benzene rings is 1. The maximum absolute atomic E-state index is 12.3. The molecule has 0 bridgehead atoms. The molecule has 3 amide bonds. The summed E-state index contributed by atoms with van der Waals surface area (Å²) in [7, 11) is 0. The van der Waals surface area contributed by atoms with Gasteiger partial charge >= 0.3 is 6.03 Å². The van der Waals surface area contributed by atoms with Gasteiger partial charge < -0.3 is 16.0 Å². The quantitative estimate of drug-likeness (QED) is 0.896. The predicted molar refractivity (Wildman–Crippen MR) is 88.9 cm³/mol. The number of nitrogens with one attached hydrogen (secondary N) is 1. The molecule has 1 saturated heterocycles. The number of likely N-dealkylation sites (tertiary alicyclic amines) is 1. The molecule has 2 aliphatic rings. The first kappa shape index (κ1) is 15.8. The fourth-order valence-electron chi connectivity index (χ4n) is 3.56. The molecule has 124 valence electrons. The van der Waals surface area contributed by atoms with E-state index in [1.54, 1.807) is 4.90 Å². The van der Waals surface area contributed by atoms with Gasteiger partial charge in [0.25, 0.3) is 0 Å².